The van der Waals surface area contributed by atoms with Crippen molar-refractivity contribution >= 4 is 5.97 Å². The Balaban J connectivity index is 2.07. The van der Waals surface area contributed by atoms with E-state index in [0.29, 0.717) is 31.5 Å². The van der Waals surface area contributed by atoms with Crippen LogP contribution in [0, 0.1) is 0 Å². The molecule has 1 unspecified atom stereocenters. The number of carboxylic acid groups (broad SMARTS) is 1. The molecule has 0 spiro atoms. The molecule has 1 fully saturated rings. The number of aliphatic carboxylic acids is 1. The largest absolute Gasteiger partial charge is 0.480 e. The summed E-state index contributed by atoms with van der Waals surface area (Å²) in [5, 5.41) is 17.1. The van der Waals surface area contributed by atoms with E-state index in [1.165, 1.54) is 0 Å². The van der Waals surface area contributed by atoms with Crippen molar-refractivity contribution in [3.05, 3.63) is 11.8 Å². The van der Waals surface area contributed by atoms with Crippen molar-refractivity contribution in [3.63, 3.8) is 0 Å². The van der Waals surface area contributed by atoms with E-state index in [9.17, 15) is 4.79 Å². The van der Waals surface area contributed by atoms with Crippen molar-refractivity contribution in [3.8, 4) is 0 Å². The first-order valence-electron chi connectivity index (χ1n) is 6.25. The number of rotatable bonds is 3. The maximum absolute atomic E-state index is 11.1. The van der Waals surface area contributed by atoms with Crippen molar-refractivity contribution in [2.45, 2.75) is 38.8 Å². The molecular weight excluding hydrogens is 250 g/mol. The lowest BCUT2D eigenvalue weighted by Gasteiger charge is -2.31. The van der Waals surface area contributed by atoms with E-state index in [2.05, 4.69) is 10.2 Å². The van der Waals surface area contributed by atoms with Gasteiger partial charge in [0, 0.05) is 12.0 Å². The lowest BCUT2D eigenvalue weighted by atomic mass is 9.97. The minimum absolute atomic E-state index is 0.190. The molecule has 0 radical (unpaired) electrons. The van der Waals surface area contributed by atoms with E-state index < -0.39 is 12.0 Å². The molecule has 2 rings (SSSR count). The monoisotopic (exact) mass is 269 g/mol. The molecule has 0 amide bonds. The second-order valence-electron chi connectivity index (χ2n) is 5.65. The molecule has 1 atom stereocenters. The van der Waals surface area contributed by atoms with Gasteiger partial charge in [-0.25, -0.2) is 0 Å². The third-order valence-electron chi connectivity index (χ3n) is 2.97. The van der Waals surface area contributed by atoms with Gasteiger partial charge in [-0.05, 0) is 0 Å². The van der Waals surface area contributed by atoms with E-state index in [1.807, 2.05) is 20.8 Å². The summed E-state index contributed by atoms with van der Waals surface area (Å²) in [5.41, 5.74) is -0.206. The van der Waals surface area contributed by atoms with Crippen LogP contribution in [-0.2, 0) is 21.5 Å². The zero-order valence-electron chi connectivity index (χ0n) is 11.4. The highest BCUT2D eigenvalue weighted by Gasteiger charge is 2.31. The maximum atomic E-state index is 11.1. The van der Waals surface area contributed by atoms with Gasteiger partial charge < -0.3 is 14.3 Å². The van der Waals surface area contributed by atoms with Crippen LogP contribution < -0.4 is 0 Å². The number of ether oxygens (including phenoxy) is 1. The maximum Gasteiger partial charge on any atom is 0.323 e. The van der Waals surface area contributed by atoms with Crippen LogP contribution in [0.2, 0.25) is 0 Å². The highest BCUT2D eigenvalue weighted by Crippen LogP contribution is 2.21. The SMILES string of the molecule is CC(C)(C)c1nnc(CN2CCOCC2C(=O)O)o1. The van der Waals surface area contributed by atoms with Crippen LogP contribution in [0.3, 0.4) is 0 Å². The Kier molecular flexibility index (Phi) is 3.86. The first-order valence-corrected chi connectivity index (χ1v) is 6.25. The number of aromatic nitrogens is 2. The lowest BCUT2D eigenvalue weighted by molar-refractivity contribution is -0.150. The van der Waals surface area contributed by atoms with Gasteiger partial charge in [0.2, 0.25) is 11.8 Å². The zero-order chi connectivity index (χ0) is 14.0. The second kappa shape index (κ2) is 5.26. The first kappa shape index (κ1) is 14.0. The third-order valence-corrected chi connectivity index (χ3v) is 2.97. The van der Waals surface area contributed by atoms with Gasteiger partial charge in [-0.1, -0.05) is 20.8 Å². The van der Waals surface area contributed by atoms with Gasteiger partial charge in [0.15, 0.2) is 0 Å². The van der Waals surface area contributed by atoms with Crippen LogP contribution in [0.1, 0.15) is 32.6 Å². The Labute approximate surface area is 111 Å². The highest BCUT2D eigenvalue weighted by atomic mass is 16.5. The molecule has 7 heteroatoms. The van der Waals surface area contributed by atoms with Gasteiger partial charge in [0.1, 0.15) is 6.04 Å². The molecule has 0 bridgehead atoms. The van der Waals surface area contributed by atoms with Gasteiger partial charge >= 0.3 is 5.97 Å². The van der Waals surface area contributed by atoms with Gasteiger partial charge in [0.05, 0.1) is 19.8 Å². The first-order chi connectivity index (χ1) is 8.88. The van der Waals surface area contributed by atoms with Crippen LogP contribution >= 0.6 is 0 Å². The Hall–Kier alpha value is -1.47. The smallest absolute Gasteiger partial charge is 0.323 e. The number of hydrogen-bond donors (Lipinski definition) is 1. The molecular formula is C12H19N3O4. The standard InChI is InChI=1S/C12H19N3O4/c1-12(2,3)11-14-13-9(19-11)6-15-4-5-18-7-8(15)10(16)17/h8H,4-7H2,1-3H3,(H,16,17). The summed E-state index contributed by atoms with van der Waals surface area (Å²) < 4.78 is 10.8. The number of carbonyl (C=O) groups is 1. The van der Waals surface area contributed by atoms with Gasteiger partial charge in [-0.2, -0.15) is 0 Å². The number of morpholine rings is 1. The van der Waals surface area contributed by atoms with E-state index in [4.69, 9.17) is 14.3 Å². The molecule has 106 valence electrons. The van der Waals surface area contributed by atoms with Crippen LogP contribution in [0.5, 0.6) is 0 Å². The highest BCUT2D eigenvalue weighted by molar-refractivity contribution is 5.73. The molecule has 2 heterocycles. The summed E-state index contributed by atoms with van der Waals surface area (Å²) in [6, 6.07) is -0.654. The summed E-state index contributed by atoms with van der Waals surface area (Å²) in [5.74, 6) is 0.107. The van der Waals surface area contributed by atoms with Gasteiger partial charge in [-0.15, -0.1) is 10.2 Å². The summed E-state index contributed by atoms with van der Waals surface area (Å²) in [6.07, 6.45) is 0. The fraction of sp³-hybridized carbons (Fsp3) is 0.750. The molecule has 1 aromatic heterocycles. The molecule has 0 saturated carbocycles. The van der Waals surface area contributed by atoms with Crippen molar-refractivity contribution in [1.29, 1.82) is 0 Å². The van der Waals surface area contributed by atoms with Gasteiger partial charge in [0.25, 0.3) is 0 Å². The van der Waals surface area contributed by atoms with E-state index in [0.717, 1.165) is 0 Å². The summed E-state index contributed by atoms with van der Waals surface area (Å²) in [6.45, 7) is 7.55. The van der Waals surface area contributed by atoms with Crippen LogP contribution in [0.15, 0.2) is 4.42 Å². The lowest BCUT2D eigenvalue weighted by Crippen LogP contribution is -2.49. The number of hydrogen-bond acceptors (Lipinski definition) is 6. The van der Waals surface area contributed by atoms with Gasteiger partial charge in [-0.3, -0.25) is 9.69 Å². The zero-order valence-corrected chi connectivity index (χ0v) is 11.4. The Bertz CT molecular complexity index is 452. The molecule has 1 aliphatic heterocycles. The molecule has 1 aliphatic rings. The van der Waals surface area contributed by atoms with Crippen LogP contribution in [0.25, 0.3) is 0 Å². The van der Waals surface area contributed by atoms with E-state index >= 15 is 0 Å². The average molecular weight is 269 g/mol. The van der Waals surface area contributed by atoms with Crippen molar-refractivity contribution in [2.24, 2.45) is 0 Å². The molecule has 0 aromatic carbocycles. The topological polar surface area (TPSA) is 88.7 Å². The number of nitrogens with zero attached hydrogens (tertiary/aromatic N) is 3. The summed E-state index contributed by atoms with van der Waals surface area (Å²) in [7, 11) is 0. The summed E-state index contributed by atoms with van der Waals surface area (Å²) in [4.78, 5) is 12.9. The second-order valence-corrected chi connectivity index (χ2v) is 5.65. The van der Waals surface area contributed by atoms with Crippen molar-refractivity contribution < 1.29 is 19.1 Å². The van der Waals surface area contributed by atoms with Crippen molar-refractivity contribution in [2.75, 3.05) is 19.8 Å². The molecule has 0 aliphatic carbocycles. The Morgan fingerprint density at radius 2 is 2.21 bits per heavy atom. The minimum atomic E-state index is -0.893. The van der Waals surface area contributed by atoms with Crippen LogP contribution in [0.4, 0.5) is 0 Å². The molecule has 1 aromatic rings. The Morgan fingerprint density at radius 3 is 2.79 bits per heavy atom. The average Bonchev–Trinajstić information content (AvgIpc) is 2.77. The minimum Gasteiger partial charge on any atom is -0.480 e. The Morgan fingerprint density at radius 1 is 1.47 bits per heavy atom. The normalized spacial score (nSPS) is 21.5. The molecule has 19 heavy (non-hydrogen) atoms. The quantitative estimate of drug-likeness (QED) is 0.861. The fourth-order valence-corrected chi connectivity index (χ4v) is 1.85. The fourth-order valence-electron chi connectivity index (χ4n) is 1.85. The van der Waals surface area contributed by atoms with E-state index in [1.54, 1.807) is 4.90 Å². The number of carboxylic acids is 1. The third kappa shape index (κ3) is 3.30. The van der Waals surface area contributed by atoms with E-state index in [-0.39, 0.29) is 12.0 Å². The molecule has 1 saturated heterocycles. The van der Waals surface area contributed by atoms with Crippen molar-refractivity contribution in [1.82, 2.24) is 15.1 Å². The predicted octanol–water partition coefficient (Wildman–Crippen LogP) is 0.653. The predicted molar refractivity (Wildman–Crippen MR) is 65.7 cm³/mol. The molecule has 1 N–H and O–H groups in total. The van der Waals surface area contributed by atoms with Crippen LogP contribution in [-0.4, -0.2) is 52.0 Å². The summed E-state index contributed by atoms with van der Waals surface area (Å²) >= 11 is 0. The molecule has 7 nitrogen and oxygen atoms in total.